The highest BCUT2D eigenvalue weighted by Crippen LogP contribution is 2.40. The molecule has 2 heterocycles. The largest absolute Gasteiger partial charge is 0.337 e. The first-order valence-electron chi connectivity index (χ1n) is 7.63. The van der Waals surface area contributed by atoms with Crippen LogP contribution >= 0.6 is 15.9 Å². The van der Waals surface area contributed by atoms with E-state index >= 15 is 0 Å². The molecule has 0 radical (unpaired) electrons. The molecule has 1 fully saturated rings. The number of fused-ring (bicyclic) bond motifs is 2. The number of hydrogen-bond acceptors (Lipinski definition) is 3. The molecule has 25 heavy (non-hydrogen) atoms. The maximum absolute atomic E-state index is 14.2. The summed E-state index contributed by atoms with van der Waals surface area (Å²) in [4.78, 5) is 38.3. The molecule has 0 aromatic heterocycles. The zero-order chi connectivity index (χ0) is 17.8. The van der Waals surface area contributed by atoms with Crippen LogP contribution in [-0.2, 0) is 21.7 Å². The zero-order valence-corrected chi connectivity index (χ0v) is 14.5. The number of β-lactam (4-membered cyclic amide) rings is 1. The lowest BCUT2D eigenvalue weighted by atomic mass is 9.74. The minimum Gasteiger partial charge on any atom is -0.337 e. The van der Waals surface area contributed by atoms with Crippen molar-refractivity contribution in [3.05, 3.63) is 69.4 Å². The average Bonchev–Trinajstić information content (AvgIpc) is 2.56. The fraction of sp³-hybridized carbons (Fsp3) is 0.167. The molecule has 2 aliphatic heterocycles. The van der Waals surface area contributed by atoms with E-state index in [9.17, 15) is 18.8 Å². The van der Waals surface area contributed by atoms with E-state index in [1.165, 1.54) is 12.1 Å². The summed E-state index contributed by atoms with van der Waals surface area (Å²) in [5, 5.41) is 2.64. The summed E-state index contributed by atoms with van der Waals surface area (Å²) >= 11 is 3.18. The van der Waals surface area contributed by atoms with Crippen molar-refractivity contribution in [3.8, 4) is 0 Å². The molecule has 2 aromatic carbocycles. The molecular formula is C18H12BrFN2O3. The Hall–Kier alpha value is -2.54. The summed E-state index contributed by atoms with van der Waals surface area (Å²) in [5.41, 5.74) is -0.158. The smallest absolute Gasteiger partial charge is 0.261 e. The maximum atomic E-state index is 14.2. The molecular weight excluding hydrogens is 391 g/mol. The molecule has 2 aromatic rings. The van der Waals surface area contributed by atoms with Crippen molar-refractivity contribution in [1.29, 1.82) is 0 Å². The Labute approximate surface area is 150 Å². The van der Waals surface area contributed by atoms with Crippen LogP contribution in [0.25, 0.3) is 0 Å². The van der Waals surface area contributed by atoms with E-state index in [-0.39, 0.29) is 24.4 Å². The Bertz CT molecular complexity index is 936. The minimum atomic E-state index is -1.23. The molecule has 0 bridgehead atoms. The molecule has 1 N–H and O–H groups in total. The second-order valence-corrected chi connectivity index (χ2v) is 7.02. The predicted octanol–water partition coefficient (Wildman–Crippen LogP) is 2.49. The molecule has 0 saturated carbocycles. The van der Waals surface area contributed by atoms with Crippen LogP contribution in [0.4, 0.5) is 4.39 Å². The molecule has 1 unspecified atom stereocenters. The zero-order valence-electron chi connectivity index (χ0n) is 12.9. The van der Waals surface area contributed by atoms with Crippen molar-refractivity contribution >= 4 is 33.7 Å². The first-order valence-corrected chi connectivity index (χ1v) is 8.42. The maximum Gasteiger partial charge on any atom is 0.261 e. The second-order valence-electron chi connectivity index (χ2n) is 6.11. The molecule has 2 aliphatic rings. The van der Waals surface area contributed by atoms with Gasteiger partial charge >= 0.3 is 0 Å². The van der Waals surface area contributed by atoms with Gasteiger partial charge in [-0.3, -0.25) is 19.3 Å². The Morgan fingerprint density at radius 2 is 1.88 bits per heavy atom. The number of rotatable bonds is 2. The minimum absolute atomic E-state index is 0.0184. The van der Waals surface area contributed by atoms with E-state index in [1.54, 1.807) is 30.3 Å². The van der Waals surface area contributed by atoms with Gasteiger partial charge in [-0.15, -0.1) is 0 Å². The summed E-state index contributed by atoms with van der Waals surface area (Å²) in [6, 6.07) is 11.1. The van der Waals surface area contributed by atoms with Gasteiger partial charge in [0, 0.05) is 21.2 Å². The lowest BCUT2D eigenvalue weighted by Crippen LogP contribution is -2.69. The Balaban J connectivity index is 1.78. The standard InChI is InChI=1S/C18H12BrFN2O3/c19-11-6-5-10(14(20)7-11)9-22-16(24)12-3-1-2-4-13(12)18(17(22)25)8-15(23)21-18/h1-7H,8-9H2,(H,21,23). The van der Waals surface area contributed by atoms with Gasteiger partial charge < -0.3 is 5.32 Å². The van der Waals surface area contributed by atoms with Crippen LogP contribution in [0.3, 0.4) is 0 Å². The highest BCUT2D eigenvalue weighted by atomic mass is 79.9. The average molecular weight is 403 g/mol. The fourth-order valence-electron chi connectivity index (χ4n) is 3.34. The third kappa shape index (κ3) is 2.30. The topological polar surface area (TPSA) is 66.5 Å². The van der Waals surface area contributed by atoms with Crippen molar-refractivity contribution in [1.82, 2.24) is 10.2 Å². The SMILES string of the molecule is O=C1CC2(N1)C(=O)N(Cc1ccc(Br)cc1F)C(=O)c1ccccc12. The van der Waals surface area contributed by atoms with Crippen molar-refractivity contribution in [3.63, 3.8) is 0 Å². The first-order chi connectivity index (χ1) is 11.9. The van der Waals surface area contributed by atoms with E-state index in [0.717, 1.165) is 4.90 Å². The number of amides is 3. The number of imide groups is 1. The van der Waals surface area contributed by atoms with E-state index in [2.05, 4.69) is 21.2 Å². The molecule has 1 atom stereocenters. The quantitative estimate of drug-likeness (QED) is 0.619. The summed E-state index contributed by atoms with van der Waals surface area (Å²) < 4.78 is 14.7. The van der Waals surface area contributed by atoms with Gasteiger partial charge in [0.15, 0.2) is 5.54 Å². The molecule has 126 valence electrons. The lowest BCUT2D eigenvalue weighted by molar-refractivity contribution is -0.151. The highest BCUT2D eigenvalue weighted by Gasteiger charge is 2.57. The monoisotopic (exact) mass is 402 g/mol. The molecule has 0 aliphatic carbocycles. The van der Waals surface area contributed by atoms with Crippen molar-refractivity contribution in [2.75, 3.05) is 0 Å². The number of carbonyl (C=O) groups is 3. The van der Waals surface area contributed by atoms with Crippen LogP contribution in [-0.4, -0.2) is 22.6 Å². The van der Waals surface area contributed by atoms with Crippen LogP contribution < -0.4 is 5.32 Å². The van der Waals surface area contributed by atoms with Crippen LogP contribution in [0.1, 0.15) is 27.9 Å². The third-order valence-electron chi connectivity index (χ3n) is 4.59. The number of hydrogen-bond donors (Lipinski definition) is 1. The predicted molar refractivity (Wildman–Crippen MR) is 89.9 cm³/mol. The molecule has 1 saturated heterocycles. The number of nitrogens with one attached hydrogen (secondary N) is 1. The van der Waals surface area contributed by atoms with E-state index in [4.69, 9.17) is 0 Å². The van der Waals surface area contributed by atoms with Gasteiger partial charge in [0.2, 0.25) is 5.91 Å². The normalized spacial score (nSPS) is 21.8. The summed E-state index contributed by atoms with van der Waals surface area (Å²) in [6.45, 7) is -0.192. The molecule has 5 nitrogen and oxygen atoms in total. The second kappa shape index (κ2) is 5.49. The van der Waals surface area contributed by atoms with E-state index < -0.39 is 23.2 Å². The van der Waals surface area contributed by atoms with Gasteiger partial charge in [0.1, 0.15) is 5.82 Å². The Morgan fingerprint density at radius 1 is 1.16 bits per heavy atom. The van der Waals surface area contributed by atoms with Gasteiger partial charge in [0.05, 0.1) is 13.0 Å². The van der Waals surface area contributed by atoms with Crippen molar-refractivity contribution in [2.24, 2.45) is 0 Å². The molecule has 7 heteroatoms. The van der Waals surface area contributed by atoms with Crippen molar-refractivity contribution in [2.45, 2.75) is 18.5 Å². The number of halogens is 2. The molecule has 4 rings (SSSR count). The summed E-state index contributed by atoms with van der Waals surface area (Å²) in [5.74, 6) is -1.79. The highest BCUT2D eigenvalue weighted by molar-refractivity contribution is 9.10. The molecule has 3 amide bonds. The van der Waals surface area contributed by atoms with Gasteiger partial charge in [-0.1, -0.05) is 40.2 Å². The van der Waals surface area contributed by atoms with Gasteiger partial charge in [-0.2, -0.15) is 0 Å². The fourth-order valence-corrected chi connectivity index (χ4v) is 3.67. The van der Waals surface area contributed by atoms with Gasteiger partial charge in [0.25, 0.3) is 11.8 Å². The van der Waals surface area contributed by atoms with Crippen LogP contribution in [0.15, 0.2) is 46.9 Å². The first kappa shape index (κ1) is 16.0. The number of benzene rings is 2. The van der Waals surface area contributed by atoms with Crippen LogP contribution in [0.2, 0.25) is 0 Å². The van der Waals surface area contributed by atoms with Gasteiger partial charge in [-0.25, -0.2) is 4.39 Å². The summed E-state index contributed by atoms with van der Waals surface area (Å²) in [7, 11) is 0. The van der Waals surface area contributed by atoms with Gasteiger partial charge in [-0.05, 0) is 18.2 Å². The van der Waals surface area contributed by atoms with Crippen molar-refractivity contribution < 1.29 is 18.8 Å². The Morgan fingerprint density at radius 3 is 2.56 bits per heavy atom. The summed E-state index contributed by atoms with van der Waals surface area (Å²) in [6.07, 6.45) is -0.0184. The van der Waals surface area contributed by atoms with Crippen LogP contribution in [0, 0.1) is 5.82 Å². The third-order valence-corrected chi connectivity index (χ3v) is 5.09. The van der Waals surface area contributed by atoms with E-state index in [1.807, 2.05) is 0 Å². The number of carbonyl (C=O) groups excluding carboxylic acids is 3. The van der Waals surface area contributed by atoms with Crippen LogP contribution in [0.5, 0.6) is 0 Å². The lowest BCUT2D eigenvalue weighted by Gasteiger charge is -2.47. The molecule has 1 spiro atoms. The number of nitrogens with zero attached hydrogens (tertiary/aromatic N) is 1. The Kier molecular flexibility index (Phi) is 3.50. The van der Waals surface area contributed by atoms with E-state index in [0.29, 0.717) is 15.6 Å².